The Hall–Kier alpha value is -3.06. The highest BCUT2D eigenvalue weighted by Gasteiger charge is 2.20. The van der Waals surface area contributed by atoms with E-state index in [1.807, 2.05) is 48.5 Å². The SMILES string of the molecule is CCOC(=O)C[C@@H](Cc1ccc(-c2cccc(Cl)c2)cc1)NC(=O)NCC(=O)OC(C)(C)C. The van der Waals surface area contributed by atoms with Gasteiger partial charge >= 0.3 is 18.0 Å². The fraction of sp³-hybridized carbons (Fsp3) is 0.400. The van der Waals surface area contributed by atoms with Gasteiger partial charge in [0, 0.05) is 11.1 Å². The summed E-state index contributed by atoms with van der Waals surface area (Å²) in [6.45, 7) is 6.95. The normalized spacial score (nSPS) is 11.9. The third kappa shape index (κ3) is 9.95. The van der Waals surface area contributed by atoms with Crippen LogP contribution in [0.5, 0.6) is 0 Å². The second-order valence-corrected chi connectivity index (χ2v) is 8.97. The molecule has 0 spiro atoms. The number of hydrogen-bond donors (Lipinski definition) is 2. The van der Waals surface area contributed by atoms with Crippen LogP contribution in [0.15, 0.2) is 48.5 Å². The van der Waals surface area contributed by atoms with Crippen molar-refractivity contribution >= 4 is 29.6 Å². The maximum Gasteiger partial charge on any atom is 0.325 e. The average molecular weight is 475 g/mol. The van der Waals surface area contributed by atoms with Crippen molar-refractivity contribution in [2.24, 2.45) is 0 Å². The first kappa shape index (κ1) is 26.2. The highest BCUT2D eigenvalue weighted by Crippen LogP contribution is 2.23. The highest BCUT2D eigenvalue weighted by molar-refractivity contribution is 6.30. The minimum Gasteiger partial charge on any atom is -0.466 e. The monoisotopic (exact) mass is 474 g/mol. The second kappa shape index (κ2) is 12.3. The van der Waals surface area contributed by atoms with Crippen molar-refractivity contribution in [2.75, 3.05) is 13.2 Å². The van der Waals surface area contributed by atoms with Crippen LogP contribution in [0, 0.1) is 0 Å². The summed E-state index contributed by atoms with van der Waals surface area (Å²) in [4.78, 5) is 36.2. The molecule has 0 heterocycles. The Labute approximate surface area is 199 Å². The van der Waals surface area contributed by atoms with Gasteiger partial charge in [0.25, 0.3) is 0 Å². The van der Waals surface area contributed by atoms with Crippen molar-refractivity contribution in [3.63, 3.8) is 0 Å². The van der Waals surface area contributed by atoms with Gasteiger partial charge in [0.1, 0.15) is 12.1 Å². The Kier molecular flexibility index (Phi) is 9.73. The van der Waals surface area contributed by atoms with E-state index in [1.54, 1.807) is 27.7 Å². The lowest BCUT2D eigenvalue weighted by Crippen LogP contribution is -2.46. The molecular formula is C25H31ClN2O5. The van der Waals surface area contributed by atoms with Crippen molar-refractivity contribution < 1.29 is 23.9 Å². The molecule has 0 aliphatic carbocycles. The summed E-state index contributed by atoms with van der Waals surface area (Å²) < 4.78 is 10.2. The minimum absolute atomic E-state index is 0.00371. The van der Waals surface area contributed by atoms with Gasteiger partial charge < -0.3 is 20.1 Å². The molecule has 8 heteroatoms. The molecule has 2 aromatic carbocycles. The number of nitrogens with one attached hydrogen (secondary N) is 2. The van der Waals surface area contributed by atoms with Crippen LogP contribution in [0.25, 0.3) is 11.1 Å². The van der Waals surface area contributed by atoms with Crippen LogP contribution >= 0.6 is 11.6 Å². The van der Waals surface area contributed by atoms with E-state index in [4.69, 9.17) is 21.1 Å². The minimum atomic E-state index is -0.640. The number of urea groups is 1. The topological polar surface area (TPSA) is 93.7 Å². The molecule has 2 amide bonds. The molecule has 0 bridgehead atoms. The quantitative estimate of drug-likeness (QED) is 0.521. The first-order valence-corrected chi connectivity index (χ1v) is 11.2. The third-order valence-corrected chi connectivity index (χ3v) is 4.70. The van der Waals surface area contributed by atoms with Crippen LogP contribution in [-0.2, 0) is 25.5 Å². The molecule has 2 rings (SSSR count). The zero-order valence-corrected chi connectivity index (χ0v) is 20.2. The van der Waals surface area contributed by atoms with Gasteiger partial charge in [0.05, 0.1) is 13.0 Å². The third-order valence-electron chi connectivity index (χ3n) is 4.46. The van der Waals surface area contributed by atoms with E-state index in [1.165, 1.54) is 0 Å². The predicted molar refractivity (Wildman–Crippen MR) is 128 cm³/mol. The van der Waals surface area contributed by atoms with Crippen molar-refractivity contribution in [3.8, 4) is 11.1 Å². The molecule has 0 unspecified atom stereocenters. The number of esters is 2. The second-order valence-electron chi connectivity index (χ2n) is 8.53. The van der Waals surface area contributed by atoms with E-state index in [2.05, 4.69) is 10.6 Å². The number of carbonyl (C=O) groups excluding carboxylic acids is 3. The Bertz CT molecular complexity index is 954. The zero-order chi connectivity index (χ0) is 24.4. The van der Waals surface area contributed by atoms with E-state index in [0.717, 1.165) is 16.7 Å². The predicted octanol–water partition coefficient (Wildman–Crippen LogP) is 4.51. The van der Waals surface area contributed by atoms with Crippen LogP contribution in [0.2, 0.25) is 5.02 Å². The molecule has 0 aromatic heterocycles. The van der Waals surface area contributed by atoms with E-state index >= 15 is 0 Å². The molecular weight excluding hydrogens is 444 g/mol. The number of carbonyl (C=O) groups is 3. The van der Waals surface area contributed by atoms with Crippen LogP contribution in [-0.4, -0.2) is 42.8 Å². The molecule has 0 aliphatic heterocycles. The summed E-state index contributed by atoms with van der Waals surface area (Å²) in [7, 11) is 0. The largest absolute Gasteiger partial charge is 0.466 e. The van der Waals surface area contributed by atoms with Crippen LogP contribution in [0.1, 0.15) is 39.7 Å². The van der Waals surface area contributed by atoms with Crippen LogP contribution in [0.4, 0.5) is 4.79 Å². The first-order valence-electron chi connectivity index (χ1n) is 10.8. The summed E-state index contributed by atoms with van der Waals surface area (Å²) in [6.07, 6.45) is 0.415. The molecule has 0 saturated carbocycles. The number of ether oxygens (including phenoxy) is 2. The van der Waals surface area contributed by atoms with Crippen LogP contribution < -0.4 is 10.6 Å². The molecule has 2 aromatic rings. The number of amides is 2. The Balaban J connectivity index is 2.02. The number of hydrogen-bond acceptors (Lipinski definition) is 5. The zero-order valence-electron chi connectivity index (χ0n) is 19.4. The molecule has 0 saturated heterocycles. The van der Waals surface area contributed by atoms with E-state index in [0.29, 0.717) is 11.4 Å². The maximum atomic E-state index is 12.3. The molecule has 33 heavy (non-hydrogen) atoms. The van der Waals surface area contributed by atoms with E-state index in [-0.39, 0.29) is 19.6 Å². The van der Waals surface area contributed by atoms with Crippen LogP contribution in [0.3, 0.4) is 0 Å². The summed E-state index contributed by atoms with van der Waals surface area (Å²) in [5.41, 5.74) is 2.30. The van der Waals surface area contributed by atoms with Crippen molar-refractivity contribution in [2.45, 2.75) is 52.2 Å². The van der Waals surface area contributed by atoms with Gasteiger partial charge in [0.15, 0.2) is 0 Å². The molecule has 2 N–H and O–H groups in total. The van der Waals surface area contributed by atoms with Gasteiger partial charge in [0.2, 0.25) is 0 Å². The van der Waals surface area contributed by atoms with Crippen molar-refractivity contribution in [1.29, 1.82) is 0 Å². The van der Waals surface area contributed by atoms with Gasteiger partial charge in [-0.1, -0.05) is 48.0 Å². The highest BCUT2D eigenvalue weighted by atomic mass is 35.5. The fourth-order valence-electron chi connectivity index (χ4n) is 3.15. The Morgan fingerprint density at radius 3 is 2.30 bits per heavy atom. The van der Waals surface area contributed by atoms with Gasteiger partial charge in [-0.25, -0.2) is 4.79 Å². The van der Waals surface area contributed by atoms with Gasteiger partial charge in [-0.15, -0.1) is 0 Å². The molecule has 0 aliphatic rings. The Morgan fingerprint density at radius 1 is 1.00 bits per heavy atom. The number of halogens is 1. The molecule has 0 radical (unpaired) electrons. The lowest BCUT2D eigenvalue weighted by molar-refractivity contribution is -0.153. The average Bonchev–Trinajstić information content (AvgIpc) is 2.72. The molecule has 7 nitrogen and oxygen atoms in total. The number of rotatable bonds is 9. The molecule has 178 valence electrons. The van der Waals surface area contributed by atoms with Gasteiger partial charge in [-0.3, -0.25) is 9.59 Å². The number of benzene rings is 2. The maximum absolute atomic E-state index is 12.3. The summed E-state index contributed by atoms with van der Waals surface area (Å²) in [6, 6.07) is 14.3. The summed E-state index contributed by atoms with van der Waals surface area (Å²) in [5, 5.41) is 5.88. The molecule has 1 atom stereocenters. The van der Waals surface area contributed by atoms with Gasteiger partial charge in [-0.05, 0) is 62.9 Å². The van der Waals surface area contributed by atoms with Gasteiger partial charge in [-0.2, -0.15) is 0 Å². The first-order chi connectivity index (χ1) is 15.6. The van der Waals surface area contributed by atoms with Crippen molar-refractivity contribution in [3.05, 3.63) is 59.1 Å². The smallest absolute Gasteiger partial charge is 0.325 e. The lowest BCUT2D eigenvalue weighted by atomic mass is 9.99. The summed E-state index contributed by atoms with van der Waals surface area (Å²) >= 11 is 6.08. The molecule has 0 fully saturated rings. The fourth-order valence-corrected chi connectivity index (χ4v) is 3.34. The lowest BCUT2D eigenvalue weighted by Gasteiger charge is -2.21. The van der Waals surface area contributed by atoms with E-state index in [9.17, 15) is 14.4 Å². The standard InChI is InChI=1S/C25H31ClN2O5/c1-5-32-22(29)15-21(28-24(31)27-16-23(30)33-25(2,3)4)13-17-9-11-18(12-10-17)19-7-6-8-20(26)14-19/h6-12,14,21H,5,13,15-16H2,1-4H3,(H2,27,28,31)/t21-/m1/s1. The van der Waals surface area contributed by atoms with E-state index < -0.39 is 29.6 Å². The van der Waals surface area contributed by atoms with Crippen molar-refractivity contribution in [1.82, 2.24) is 10.6 Å². The summed E-state index contributed by atoms with van der Waals surface area (Å²) in [5.74, 6) is -0.957. The Morgan fingerprint density at radius 2 is 1.70 bits per heavy atom.